The summed E-state index contributed by atoms with van der Waals surface area (Å²) in [5, 5.41) is 13.6. The number of hydrogen-bond donors (Lipinski definition) is 3. The number of nitrogens with one attached hydrogen (secondary N) is 3. The standard InChI is InChI=1S/C24H25N5O5/c1-33-18-7-4-16-13-29(21(30)19(16)12-18)14-24(22(31)26-23(32)27-24)17-5-2-15(3-6-17)20(25)28-8-10-34-11-9-28/h2-7,12,25H,8-11,13-14H2,1H3,(H2,26,27,31,32)/t24-/m0/s1. The van der Waals surface area contributed by atoms with Crippen LogP contribution in [0.3, 0.4) is 0 Å². The van der Waals surface area contributed by atoms with Gasteiger partial charge in [0.15, 0.2) is 5.54 Å². The number of rotatable bonds is 5. The van der Waals surface area contributed by atoms with Crippen molar-refractivity contribution in [2.75, 3.05) is 40.0 Å². The van der Waals surface area contributed by atoms with Crippen LogP contribution in [0.25, 0.3) is 0 Å². The van der Waals surface area contributed by atoms with Crippen molar-refractivity contribution in [2.45, 2.75) is 12.1 Å². The van der Waals surface area contributed by atoms with Crippen molar-refractivity contribution in [3.05, 3.63) is 64.7 Å². The van der Waals surface area contributed by atoms with Crippen LogP contribution in [-0.4, -0.2) is 73.4 Å². The molecule has 2 aromatic rings. The molecule has 3 heterocycles. The molecule has 10 nitrogen and oxygen atoms in total. The average Bonchev–Trinajstić information content (AvgIpc) is 3.33. The minimum atomic E-state index is -1.43. The molecular weight excluding hydrogens is 438 g/mol. The van der Waals surface area contributed by atoms with E-state index in [1.54, 1.807) is 41.3 Å². The quantitative estimate of drug-likeness (QED) is 0.346. The Kier molecular flexibility index (Phi) is 5.45. The fourth-order valence-electron chi connectivity index (χ4n) is 4.66. The summed E-state index contributed by atoms with van der Waals surface area (Å²) in [6.45, 7) is 2.74. The number of carbonyl (C=O) groups is 3. The van der Waals surface area contributed by atoms with Gasteiger partial charge in [-0.15, -0.1) is 0 Å². The molecule has 2 saturated heterocycles. The molecular formula is C24H25N5O5. The van der Waals surface area contributed by atoms with E-state index in [0.717, 1.165) is 5.56 Å². The van der Waals surface area contributed by atoms with Gasteiger partial charge in [-0.2, -0.15) is 0 Å². The summed E-state index contributed by atoms with van der Waals surface area (Å²) < 4.78 is 10.6. The molecule has 1 atom stereocenters. The van der Waals surface area contributed by atoms with Gasteiger partial charge in [0, 0.05) is 30.8 Å². The van der Waals surface area contributed by atoms with Crippen molar-refractivity contribution in [3.63, 3.8) is 0 Å². The fraction of sp³-hybridized carbons (Fsp3) is 0.333. The van der Waals surface area contributed by atoms with Crippen molar-refractivity contribution in [1.29, 1.82) is 5.41 Å². The number of fused-ring (bicyclic) bond motifs is 1. The Morgan fingerprint density at radius 2 is 1.85 bits per heavy atom. The normalized spacial score (nSPS) is 21.9. The minimum absolute atomic E-state index is 0.0271. The Bertz CT molecular complexity index is 1170. The molecule has 2 fully saturated rings. The lowest BCUT2D eigenvalue weighted by atomic mass is 9.88. The van der Waals surface area contributed by atoms with E-state index < -0.39 is 17.5 Å². The number of urea groups is 1. The predicted octanol–water partition coefficient (Wildman–Crippen LogP) is 1.04. The first-order valence-electron chi connectivity index (χ1n) is 11.0. The maximum atomic E-state index is 13.1. The molecule has 3 aliphatic rings. The van der Waals surface area contributed by atoms with Crippen LogP contribution >= 0.6 is 0 Å². The molecule has 0 unspecified atom stereocenters. The Morgan fingerprint density at radius 1 is 1.12 bits per heavy atom. The minimum Gasteiger partial charge on any atom is -0.497 e. The third-order valence-corrected chi connectivity index (χ3v) is 6.54. The van der Waals surface area contributed by atoms with Gasteiger partial charge in [0.1, 0.15) is 11.6 Å². The van der Waals surface area contributed by atoms with Crippen molar-refractivity contribution in [2.24, 2.45) is 0 Å². The molecule has 176 valence electrons. The first-order chi connectivity index (χ1) is 16.4. The van der Waals surface area contributed by atoms with Crippen LogP contribution in [-0.2, 0) is 21.6 Å². The lowest BCUT2D eigenvalue weighted by molar-refractivity contribution is -0.124. The number of benzene rings is 2. The number of nitrogens with zero attached hydrogens (tertiary/aromatic N) is 2. The van der Waals surface area contributed by atoms with E-state index in [1.807, 2.05) is 11.0 Å². The number of methoxy groups -OCH3 is 1. The number of amidine groups is 1. The summed E-state index contributed by atoms with van der Waals surface area (Å²) in [6.07, 6.45) is 0. The Balaban J connectivity index is 1.42. The Hall–Kier alpha value is -3.92. The van der Waals surface area contributed by atoms with E-state index in [-0.39, 0.29) is 12.5 Å². The van der Waals surface area contributed by atoms with Gasteiger partial charge >= 0.3 is 6.03 Å². The van der Waals surface area contributed by atoms with Gasteiger partial charge < -0.3 is 24.6 Å². The number of carbonyl (C=O) groups excluding carboxylic acids is 3. The molecule has 34 heavy (non-hydrogen) atoms. The summed E-state index contributed by atoms with van der Waals surface area (Å²) in [5.74, 6) is 0.208. The number of ether oxygens (including phenoxy) is 2. The van der Waals surface area contributed by atoms with Crippen LogP contribution in [0, 0.1) is 5.41 Å². The van der Waals surface area contributed by atoms with Crippen molar-refractivity contribution < 1.29 is 23.9 Å². The molecule has 4 amide bonds. The van der Waals surface area contributed by atoms with E-state index in [4.69, 9.17) is 14.9 Å². The number of morpholine rings is 1. The molecule has 5 rings (SSSR count). The summed E-state index contributed by atoms with van der Waals surface area (Å²) >= 11 is 0. The molecule has 0 saturated carbocycles. The molecule has 3 N–H and O–H groups in total. The van der Waals surface area contributed by atoms with Gasteiger partial charge in [-0.05, 0) is 23.3 Å². The van der Waals surface area contributed by atoms with Crippen molar-refractivity contribution in [3.8, 4) is 5.75 Å². The molecule has 10 heteroatoms. The van der Waals surface area contributed by atoms with E-state index in [1.165, 1.54) is 7.11 Å². The van der Waals surface area contributed by atoms with Crippen LogP contribution in [0.4, 0.5) is 4.79 Å². The molecule has 3 aliphatic heterocycles. The number of hydrogen-bond acceptors (Lipinski definition) is 6. The second-order valence-electron chi connectivity index (χ2n) is 8.52. The smallest absolute Gasteiger partial charge is 0.322 e. The van der Waals surface area contributed by atoms with Gasteiger partial charge in [-0.1, -0.05) is 30.3 Å². The third-order valence-electron chi connectivity index (χ3n) is 6.54. The first kappa shape index (κ1) is 21.9. The molecule has 0 spiro atoms. The van der Waals surface area contributed by atoms with Crippen LogP contribution in [0.15, 0.2) is 42.5 Å². The number of imide groups is 1. The van der Waals surface area contributed by atoms with E-state index in [9.17, 15) is 14.4 Å². The zero-order valence-corrected chi connectivity index (χ0v) is 18.7. The lowest BCUT2D eigenvalue weighted by Gasteiger charge is -2.32. The van der Waals surface area contributed by atoms with Gasteiger partial charge in [-0.25, -0.2) is 4.79 Å². The second-order valence-corrected chi connectivity index (χ2v) is 8.52. The summed E-state index contributed by atoms with van der Waals surface area (Å²) in [7, 11) is 1.54. The molecule has 0 bridgehead atoms. The topological polar surface area (TPSA) is 124 Å². The molecule has 0 aromatic heterocycles. The van der Waals surface area contributed by atoms with Crippen LogP contribution < -0.4 is 15.4 Å². The SMILES string of the molecule is COc1ccc2c(c1)C(=O)N(C[C@@]1(c3ccc(C(=N)N4CCOCC4)cc3)NC(=O)NC1=O)C2. The van der Waals surface area contributed by atoms with Crippen LogP contribution in [0.2, 0.25) is 0 Å². The van der Waals surface area contributed by atoms with Gasteiger partial charge in [0.05, 0.1) is 26.9 Å². The molecule has 2 aromatic carbocycles. The van der Waals surface area contributed by atoms with E-state index in [0.29, 0.717) is 61.1 Å². The van der Waals surface area contributed by atoms with Crippen LogP contribution in [0.5, 0.6) is 5.75 Å². The Labute approximate surface area is 196 Å². The Morgan fingerprint density at radius 3 is 2.50 bits per heavy atom. The number of amides is 4. The first-order valence-corrected chi connectivity index (χ1v) is 11.0. The van der Waals surface area contributed by atoms with Gasteiger partial charge in [0.2, 0.25) is 0 Å². The van der Waals surface area contributed by atoms with E-state index in [2.05, 4.69) is 10.6 Å². The van der Waals surface area contributed by atoms with Gasteiger partial charge in [0.25, 0.3) is 11.8 Å². The van der Waals surface area contributed by atoms with E-state index >= 15 is 0 Å². The maximum Gasteiger partial charge on any atom is 0.322 e. The summed E-state index contributed by atoms with van der Waals surface area (Å²) in [5.41, 5.74) is 1.16. The molecule has 0 aliphatic carbocycles. The van der Waals surface area contributed by atoms with Crippen molar-refractivity contribution >= 4 is 23.7 Å². The third kappa shape index (κ3) is 3.65. The summed E-state index contributed by atoms with van der Waals surface area (Å²) in [4.78, 5) is 41.8. The molecule has 0 radical (unpaired) electrons. The average molecular weight is 463 g/mol. The largest absolute Gasteiger partial charge is 0.497 e. The highest BCUT2D eigenvalue weighted by molar-refractivity contribution is 6.08. The lowest BCUT2D eigenvalue weighted by Crippen LogP contribution is -2.52. The highest BCUT2D eigenvalue weighted by Crippen LogP contribution is 2.32. The zero-order valence-electron chi connectivity index (χ0n) is 18.7. The highest BCUT2D eigenvalue weighted by atomic mass is 16.5. The summed E-state index contributed by atoms with van der Waals surface area (Å²) in [6, 6.07) is 11.7. The monoisotopic (exact) mass is 463 g/mol. The van der Waals surface area contributed by atoms with Gasteiger partial charge in [-0.3, -0.25) is 20.3 Å². The second kappa shape index (κ2) is 8.45. The maximum absolute atomic E-state index is 13.1. The zero-order chi connectivity index (χ0) is 23.9. The fourth-order valence-corrected chi connectivity index (χ4v) is 4.66. The highest BCUT2D eigenvalue weighted by Gasteiger charge is 2.50. The van der Waals surface area contributed by atoms with Crippen LogP contribution in [0.1, 0.15) is 27.0 Å². The van der Waals surface area contributed by atoms with Crippen molar-refractivity contribution in [1.82, 2.24) is 20.4 Å². The predicted molar refractivity (Wildman–Crippen MR) is 122 cm³/mol.